The Kier molecular flexibility index (Phi) is 3.34. The molecule has 0 bridgehead atoms. The summed E-state index contributed by atoms with van der Waals surface area (Å²) in [5, 5.41) is 3.87. The Hall–Kier alpha value is -2.04. The summed E-state index contributed by atoms with van der Waals surface area (Å²) in [7, 11) is 0. The molecule has 6 heteroatoms. The van der Waals surface area contributed by atoms with Gasteiger partial charge in [0.25, 0.3) is 5.56 Å². The Labute approximate surface area is 124 Å². The predicted octanol–water partition coefficient (Wildman–Crippen LogP) is 3.53. The van der Waals surface area contributed by atoms with Gasteiger partial charge in [-0.2, -0.15) is 0 Å². The molecule has 0 fully saturated rings. The lowest BCUT2D eigenvalue weighted by Crippen LogP contribution is -2.13. The summed E-state index contributed by atoms with van der Waals surface area (Å²) < 4.78 is 1.41. The summed E-state index contributed by atoms with van der Waals surface area (Å²) in [4.78, 5) is 16.1. The first-order valence-corrected chi connectivity index (χ1v) is 6.58. The van der Waals surface area contributed by atoms with Crippen LogP contribution in [0.3, 0.4) is 0 Å². The molecule has 0 atom stereocenters. The summed E-state index contributed by atoms with van der Waals surface area (Å²) in [6.07, 6.45) is 3.36. The molecule has 100 valence electrons. The van der Waals surface area contributed by atoms with Crippen molar-refractivity contribution in [3.8, 4) is 16.9 Å². The molecule has 0 saturated carbocycles. The van der Waals surface area contributed by atoms with Crippen LogP contribution in [0.5, 0.6) is 0 Å². The molecule has 0 amide bonds. The minimum atomic E-state index is -0.178. The Morgan fingerprint density at radius 1 is 1.10 bits per heavy atom. The largest absolute Gasteiger partial charge is 0.290 e. The van der Waals surface area contributed by atoms with Gasteiger partial charge in [-0.25, -0.2) is 4.68 Å². The molecular formula is C14H9Cl2N3O. The Morgan fingerprint density at radius 3 is 2.65 bits per heavy atom. The van der Waals surface area contributed by atoms with Crippen molar-refractivity contribution in [2.24, 2.45) is 0 Å². The van der Waals surface area contributed by atoms with Crippen molar-refractivity contribution in [3.05, 3.63) is 69.2 Å². The summed E-state index contributed by atoms with van der Waals surface area (Å²) in [6, 6.07) is 10.2. The summed E-state index contributed by atoms with van der Waals surface area (Å²) in [5.41, 5.74) is 1.97. The standard InChI is InChI=1S/C14H9Cl2N3O/c15-11-4-3-10(6-12(11)16)19-14(20)7-13(18-19)9-2-1-5-17-8-9/h1-8,18H. The van der Waals surface area contributed by atoms with Gasteiger partial charge in [0.05, 0.1) is 21.4 Å². The lowest BCUT2D eigenvalue weighted by molar-refractivity contribution is 0.852. The normalized spacial score (nSPS) is 10.7. The summed E-state index contributed by atoms with van der Waals surface area (Å²) >= 11 is 11.8. The van der Waals surface area contributed by atoms with Crippen molar-refractivity contribution in [2.45, 2.75) is 0 Å². The van der Waals surface area contributed by atoms with Crippen molar-refractivity contribution in [3.63, 3.8) is 0 Å². The second-order valence-electron chi connectivity index (χ2n) is 4.18. The lowest BCUT2D eigenvalue weighted by Gasteiger charge is -2.04. The highest BCUT2D eigenvalue weighted by atomic mass is 35.5. The fourth-order valence-corrected chi connectivity index (χ4v) is 2.17. The topological polar surface area (TPSA) is 50.7 Å². The van der Waals surface area contributed by atoms with Gasteiger partial charge >= 0.3 is 0 Å². The number of aromatic amines is 1. The van der Waals surface area contributed by atoms with Gasteiger partial charge in [-0.3, -0.25) is 14.9 Å². The molecule has 0 aliphatic heterocycles. The number of H-pyrrole nitrogens is 1. The third-order valence-corrected chi connectivity index (χ3v) is 3.59. The molecule has 1 N–H and O–H groups in total. The van der Waals surface area contributed by atoms with Gasteiger partial charge in [0.15, 0.2) is 0 Å². The van der Waals surface area contributed by atoms with E-state index in [9.17, 15) is 4.79 Å². The molecule has 4 nitrogen and oxygen atoms in total. The van der Waals surface area contributed by atoms with Gasteiger partial charge in [0.1, 0.15) is 0 Å². The van der Waals surface area contributed by atoms with Crippen LogP contribution in [-0.4, -0.2) is 14.8 Å². The predicted molar refractivity (Wildman–Crippen MR) is 79.6 cm³/mol. The number of rotatable bonds is 2. The van der Waals surface area contributed by atoms with E-state index in [1.165, 1.54) is 10.7 Å². The van der Waals surface area contributed by atoms with Gasteiger partial charge in [-0.1, -0.05) is 23.2 Å². The van der Waals surface area contributed by atoms with Crippen LogP contribution in [0.4, 0.5) is 0 Å². The van der Waals surface area contributed by atoms with E-state index in [4.69, 9.17) is 23.2 Å². The summed E-state index contributed by atoms with van der Waals surface area (Å²) in [5.74, 6) is 0. The van der Waals surface area contributed by atoms with Gasteiger partial charge in [0.2, 0.25) is 0 Å². The SMILES string of the molecule is O=c1cc(-c2cccnc2)[nH]n1-c1ccc(Cl)c(Cl)c1. The van der Waals surface area contributed by atoms with Crippen LogP contribution in [0, 0.1) is 0 Å². The Bertz CT molecular complexity index is 809. The van der Waals surface area contributed by atoms with Gasteiger partial charge in [-0.05, 0) is 30.3 Å². The second kappa shape index (κ2) is 5.15. The molecule has 0 saturated heterocycles. The molecule has 3 aromatic rings. The lowest BCUT2D eigenvalue weighted by atomic mass is 10.2. The van der Waals surface area contributed by atoms with Gasteiger partial charge in [0, 0.05) is 24.0 Å². The zero-order valence-corrected chi connectivity index (χ0v) is 11.7. The average molecular weight is 306 g/mol. The number of hydrogen-bond acceptors (Lipinski definition) is 2. The van der Waals surface area contributed by atoms with E-state index in [-0.39, 0.29) is 5.56 Å². The number of pyridine rings is 1. The molecule has 2 heterocycles. The average Bonchev–Trinajstić information content (AvgIpc) is 2.85. The smallest absolute Gasteiger partial charge is 0.271 e. The zero-order valence-electron chi connectivity index (χ0n) is 10.2. The maximum Gasteiger partial charge on any atom is 0.271 e. The number of nitrogens with one attached hydrogen (secondary N) is 1. The molecule has 20 heavy (non-hydrogen) atoms. The van der Waals surface area contributed by atoms with E-state index < -0.39 is 0 Å². The molecular weight excluding hydrogens is 297 g/mol. The highest BCUT2D eigenvalue weighted by molar-refractivity contribution is 6.42. The van der Waals surface area contributed by atoms with Crippen LogP contribution in [-0.2, 0) is 0 Å². The number of aromatic nitrogens is 3. The maximum absolute atomic E-state index is 12.0. The Balaban J connectivity index is 2.10. The number of nitrogens with zero attached hydrogens (tertiary/aromatic N) is 2. The van der Waals surface area contributed by atoms with Gasteiger partial charge in [-0.15, -0.1) is 0 Å². The molecule has 0 radical (unpaired) electrons. The monoisotopic (exact) mass is 305 g/mol. The van der Waals surface area contributed by atoms with Crippen molar-refractivity contribution in [1.82, 2.24) is 14.8 Å². The van der Waals surface area contributed by atoms with Crippen LogP contribution in [0.15, 0.2) is 53.6 Å². The van der Waals surface area contributed by atoms with Crippen LogP contribution in [0.2, 0.25) is 10.0 Å². The highest BCUT2D eigenvalue weighted by Gasteiger charge is 2.08. The minimum Gasteiger partial charge on any atom is -0.290 e. The van der Waals surface area contributed by atoms with Crippen molar-refractivity contribution in [1.29, 1.82) is 0 Å². The Morgan fingerprint density at radius 2 is 1.95 bits per heavy atom. The molecule has 2 aromatic heterocycles. The first-order chi connectivity index (χ1) is 9.65. The third-order valence-electron chi connectivity index (χ3n) is 2.85. The molecule has 0 aliphatic carbocycles. The number of benzene rings is 1. The van der Waals surface area contributed by atoms with Crippen molar-refractivity contribution < 1.29 is 0 Å². The summed E-state index contributed by atoms with van der Waals surface area (Å²) in [6.45, 7) is 0. The first-order valence-electron chi connectivity index (χ1n) is 5.83. The molecule has 1 aromatic carbocycles. The fourth-order valence-electron chi connectivity index (χ4n) is 1.88. The zero-order chi connectivity index (χ0) is 14.1. The first kappa shape index (κ1) is 13.0. The van der Waals surface area contributed by atoms with E-state index in [0.717, 1.165) is 5.56 Å². The van der Waals surface area contributed by atoms with Gasteiger partial charge < -0.3 is 0 Å². The minimum absolute atomic E-state index is 0.178. The van der Waals surface area contributed by atoms with Crippen molar-refractivity contribution in [2.75, 3.05) is 0 Å². The van der Waals surface area contributed by atoms with E-state index >= 15 is 0 Å². The molecule has 0 spiro atoms. The van der Waals surface area contributed by atoms with Crippen LogP contribution in [0.1, 0.15) is 0 Å². The van der Waals surface area contributed by atoms with Crippen LogP contribution in [0.25, 0.3) is 16.9 Å². The quantitative estimate of drug-likeness (QED) is 0.787. The highest BCUT2D eigenvalue weighted by Crippen LogP contribution is 2.24. The molecule has 0 aliphatic rings. The number of halogens is 2. The van der Waals surface area contributed by atoms with E-state index in [0.29, 0.717) is 21.4 Å². The van der Waals surface area contributed by atoms with Crippen molar-refractivity contribution >= 4 is 23.2 Å². The van der Waals surface area contributed by atoms with E-state index in [1.807, 2.05) is 12.1 Å². The molecule has 3 rings (SSSR count). The van der Waals surface area contributed by atoms with Crippen LogP contribution >= 0.6 is 23.2 Å². The number of hydrogen-bond donors (Lipinski definition) is 1. The van der Waals surface area contributed by atoms with E-state index in [1.54, 1.807) is 30.6 Å². The molecule has 0 unspecified atom stereocenters. The fraction of sp³-hybridized carbons (Fsp3) is 0. The second-order valence-corrected chi connectivity index (χ2v) is 5.00. The van der Waals surface area contributed by atoms with E-state index in [2.05, 4.69) is 10.1 Å². The third kappa shape index (κ3) is 2.35. The van der Waals surface area contributed by atoms with Crippen LogP contribution < -0.4 is 5.56 Å². The maximum atomic E-state index is 12.0.